The summed E-state index contributed by atoms with van der Waals surface area (Å²) >= 11 is 0. The van der Waals surface area contributed by atoms with E-state index >= 15 is 0 Å². The van der Waals surface area contributed by atoms with E-state index in [1.165, 1.54) is 7.11 Å². The number of carbonyl (C=O) groups is 6. The number of nitrogens with zero attached hydrogens (tertiary/aromatic N) is 2. The number of methoxy groups -OCH3 is 1. The highest BCUT2D eigenvalue weighted by Crippen LogP contribution is 2.20. The molecule has 16 heteroatoms. The molecule has 0 spiro atoms. The number of guanidine groups is 1. The van der Waals surface area contributed by atoms with Crippen molar-refractivity contribution >= 4 is 42.0 Å². The smallest absolute Gasteiger partial charge is 0.417 e. The molecule has 1 aliphatic heterocycles. The third kappa shape index (κ3) is 15.8. The van der Waals surface area contributed by atoms with Crippen LogP contribution in [0, 0.1) is 11.8 Å². The Kier molecular flexibility index (Phi) is 15.3. The molecule has 0 bridgehead atoms. The summed E-state index contributed by atoms with van der Waals surface area (Å²) in [4.78, 5) is 84.5. The van der Waals surface area contributed by atoms with Crippen molar-refractivity contribution in [1.82, 2.24) is 26.2 Å². The van der Waals surface area contributed by atoms with Gasteiger partial charge in [-0.05, 0) is 87.0 Å². The lowest BCUT2D eigenvalue weighted by Crippen LogP contribution is -2.62. The van der Waals surface area contributed by atoms with Crippen LogP contribution in [-0.4, -0.2) is 102 Å². The first-order valence-electron chi connectivity index (χ1n) is 16.5. The Morgan fingerprint density at radius 2 is 1.35 bits per heavy atom. The van der Waals surface area contributed by atoms with Gasteiger partial charge in [0, 0.05) is 6.54 Å². The molecule has 0 aliphatic carbocycles. The summed E-state index contributed by atoms with van der Waals surface area (Å²) in [6.07, 6.45) is -1.49. The van der Waals surface area contributed by atoms with Gasteiger partial charge in [-0.2, -0.15) is 0 Å². The average Bonchev–Trinajstić information content (AvgIpc) is 2.90. The van der Waals surface area contributed by atoms with Crippen molar-refractivity contribution in [3.8, 4) is 0 Å². The van der Waals surface area contributed by atoms with E-state index in [-0.39, 0.29) is 37.2 Å². The minimum atomic E-state index is -1.46. The van der Waals surface area contributed by atoms with Crippen LogP contribution < -0.4 is 21.3 Å². The third-order valence-corrected chi connectivity index (χ3v) is 6.50. The monoisotopic (exact) mass is 698 g/mol. The lowest BCUT2D eigenvalue weighted by molar-refractivity contribution is -0.159. The van der Waals surface area contributed by atoms with E-state index in [1.807, 2.05) is 13.8 Å². The maximum atomic E-state index is 14.0. The summed E-state index contributed by atoms with van der Waals surface area (Å²) in [5, 5.41) is 10.3. The molecule has 0 saturated heterocycles. The second-order valence-corrected chi connectivity index (χ2v) is 15.6. The predicted molar refractivity (Wildman–Crippen MR) is 181 cm³/mol. The molecule has 16 nitrogen and oxygen atoms in total. The van der Waals surface area contributed by atoms with Crippen molar-refractivity contribution in [3.05, 3.63) is 0 Å². The van der Waals surface area contributed by atoms with Crippen LogP contribution in [0.1, 0.15) is 103 Å². The van der Waals surface area contributed by atoms with E-state index in [2.05, 4.69) is 26.3 Å². The number of urea groups is 1. The van der Waals surface area contributed by atoms with E-state index in [9.17, 15) is 28.8 Å². The largest absolute Gasteiger partial charge is 0.467 e. The van der Waals surface area contributed by atoms with Gasteiger partial charge >= 0.3 is 30.2 Å². The molecule has 4 atom stereocenters. The van der Waals surface area contributed by atoms with Crippen molar-refractivity contribution in [3.63, 3.8) is 0 Å². The zero-order chi connectivity index (χ0) is 38.1. The normalized spacial score (nSPS) is 17.2. The number of aliphatic imine (C=N–C) groups is 1. The molecule has 280 valence electrons. The zero-order valence-electron chi connectivity index (χ0n) is 31.6. The molecule has 0 saturated carbocycles. The van der Waals surface area contributed by atoms with Gasteiger partial charge in [0.15, 0.2) is 0 Å². The fourth-order valence-electron chi connectivity index (χ4n) is 4.49. The van der Waals surface area contributed by atoms with Crippen LogP contribution in [0.4, 0.5) is 14.4 Å². The molecule has 0 fully saturated rings. The second-order valence-electron chi connectivity index (χ2n) is 15.6. The number of hydrogen-bond donors (Lipinski definition) is 4. The van der Waals surface area contributed by atoms with E-state index < -0.39 is 77.0 Å². The van der Waals surface area contributed by atoms with Gasteiger partial charge in [0.1, 0.15) is 34.9 Å². The quantitative estimate of drug-likeness (QED) is 0.193. The van der Waals surface area contributed by atoms with Gasteiger partial charge in [-0.25, -0.2) is 33.9 Å². The molecular weight excluding hydrogens is 640 g/mol. The molecule has 0 aromatic heterocycles. The van der Waals surface area contributed by atoms with Gasteiger partial charge in [0.25, 0.3) is 0 Å². The maximum absolute atomic E-state index is 14.0. The molecule has 0 radical (unpaired) electrons. The first-order valence-corrected chi connectivity index (χ1v) is 16.5. The Balaban J connectivity index is 3.66. The molecule has 1 rings (SSSR count). The highest BCUT2D eigenvalue weighted by atomic mass is 16.6. The lowest BCUT2D eigenvalue weighted by Gasteiger charge is -2.35. The summed E-state index contributed by atoms with van der Waals surface area (Å²) < 4.78 is 21.3. The van der Waals surface area contributed by atoms with Crippen LogP contribution in [0.2, 0.25) is 0 Å². The van der Waals surface area contributed by atoms with Crippen molar-refractivity contribution in [1.29, 1.82) is 0 Å². The van der Waals surface area contributed by atoms with E-state index in [1.54, 1.807) is 76.2 Å². The molecule has 0 unspecified atom stereocenters. The fraction of sp³-hybridized carbons (Fsp3) is 0.788. The topological polar surface area (TPSA) is 203 Å². The summed E-state index contributed by atoms with van der Waals surface area (Å²) in [6, 6.07) is -5.57. The highest BCUT2D eigenvalue weighted by molar-refractivity contribution is 6.02. The molecule has 5 amide bonds. The summed E-state index contributed by atoms with van der Waals surface area (Å²) in [5.41, 5.74) is -2.61. The number of carbonyl (C=O) groups excluding carboxylic acids is 6. The van der Waals surface area contributed by atoms with Crippen LogP contribution in [0.25, 0.3) is 0 Å². The third-order valence-electron chi connectivity index (χ3n) is 6.50. The average molecular weight is 699 g/mol. The number of amides is 5. The van der Waals surface area contributed by atoms with Gasteiger partial charge in [-0.1, -0.05) is 27.7 Å². The standard InChI is InChI=1S/C33H58N6O10/c1-18(2)17-21(25(41)47-31(5,6)7)34-24(40)23(37-28(43)36-22(19(3)4)26(42)46-14)20-15-16-39(30(45)49-33(11,12)13)27(35-20)38-29(44)48-32(8,9)10/h18-23H,15-17H2,1-14H3,(H,34,40)(H,35,38,44)(H2,36,37,43)/t20-,21-,22-,23-/m0/s1. The first kappa shape index (κ1) is 42.9. The fourth-order valence-corrected chi connectivity index (χ4v) is 4.49. The van der Waals surface area contributed by atoms with Gasteiger partial charge in [-0.3, -0.25) is 10.1 Å². The SMILES string of the molecule is COC(=O)[C@@H](NC(=O)N[C@H](C(=O)N[C@@H](CC(C)C)C(=O)OC(C)(C)C)[C@@H]1CCN(C(=O)OC(C)(C)C)C(NC(=O)OC(C)(C)C)=N1)C(C)C. The summed E-state index contributed by atoms with van der Waals surface area (Å²) in [6.45, 7) is 22.2. The summed E-state index contributed by atoms with van der Waals surface area (Å²) in [5.74, 6) is -2.83. The Morgan fingerprint density at radius 1 is 0.796 bits per heavy atom. The Hall–Kier alpha value is -4.11. The van der Waals surface area contributed by atoms with E-state index in [0.717, 1.165) is 4.90 Å². The number of ether oxygens (including phenoxy) is 4. The van der Waals surface area contributed by atoms with Crippen LogP contribution in [0.5, 0.6) is 0 Å². The number of hydrogen-bond acceptors (Lipinski definition) is 11. The molecule has 1 heterocycles. The number of esters is 2. The Labute approximate surface area is 290 Å². The van der Waals surface area contributed by atoms with Crippen molar-refractivity contribution in [2.24, 2.45) is 16.8 Å². The van der Waals surface area contributed by atoms with E-state index in [0.29, 0.717) is 0 Å². The lowest BCUT2D eigenvalue weighted by atomic mass is 10.00. The van der Waals surface area contributed by atoms with Crippen LogP contribution in [0.3, 0.4) is 0 Å². The Morgan fingerprint density at radius 3 is 1.82 bits per heavy atom. The predicted octanol–water partition coefficient (Wildman–Crippen LogP) is 3.61. The number of nitrogens with one attached hydrogen (secondary N) is 4. The zero-order valence-corrected chi connectivity index (χ0v) is 31.6. The molecule has 0 aromatic rings. The van der Waals surface area contributed by atoms with Crippen LogP contribution in [0.15, 0.2) is 4.99 Å². The Bertz CT molecular complexity index is 1230. The van der Waals surface area contributed by atoms with Crippen LogP contribution in [-0.2, 0) is 33.3 Å². The second kappa shape index (κ2) is 17.5. The molecule has 0 aromatic carbocycles. The number of rotatable bonds is 10. The number of alkyl carbamates (subject to hydrolysis) is 1. The highest BCUT2D eigenvalue weighted by Gasteiger charge is 2.40. The van der Waals surface area contributed by atoms with Gasteiger partial charge in [-0.15, -0.1) is 0 Å². The molecule has 1 aliphatic rings. The molecular formula is C33H58N6O10. The van der Waals surface area contributed by atoms with Gasteiger partial charge in [0.05, 0.1) is 13.2 Å². The minimum absolute atomic E-state index is 0.0169. The van der Waals surface area contributed by atoms with Crippen LogP contribution >= 0.6 is 0 Å². The maximum Gasteiger partial charge on any atom is 0.417 e. The van der Waals surface area contributed by atoms with Crippen molar-refractivity contribution < 1.29 is 47.7 Å². The van der Waals surface area contributed by atoms with E-state index in [4.69, 9.17) is 18.9 Å². The molecule has 4 N–H and O–H groups in total. The van der Waals surface area contributed by atoms with Gasteiger partial charge in [0.2, 0.25) is 11.9 Å². The molecule has 49 heavy (non-hydrogen) atoms. The van der Waals surface area contributed by atoms with Crippen molar-refractivity contribution in [2.75, 3.05) is 13.7 Å². The minimum Gasteiger partial charge on any atom is -0.467 e. The first-order chi connectivity index (χ1) is 22.2. The van der Waals surface area contributed by atoms with Crippen molar-refractivity contribution in [2.45, 2.75) is 144 Å². The van der Waals surface area contributed by atoms with Gasteiger partial charge < -0.3 is 34.9 Å². The summed E-state index contributed by atoms with van der Waals surface area (Å²) in [7, 11) is 1.19.